The molecular weight excluding hydrogens is 256 g/mol. The van der Waals surface area contributed by atoms with Crippen molar-refractivity contribution in [1.82, 2.24) is 4.90 Å². The van der Waals surface area contributed by atoms with Crippen molar-refractivity contribution >= 4 is 11.9 Å². The van der Waals surface area contributed by atoms with Gasteiger partial charge in [0.2, 0.25) is 5.91 Å². The average Bonchev–Trinajstić information content (AvgIpc) is 2.87. The predicted octanol–water partition coefficient (Wildman–Crippen LogP) is 1.40. The molecule has 2 rings (SSSR count). The second-order valence-electron chi connectivity index (χ2n) is 5.31. The molecule has 5 nitrogen and oxygen atoms in total. The summed E-state index contributed by atoms with van der Waals surface area (Å²) in [6.07, 6.45) is 1.16. The third kappa shape index (κ3) is 3.81. The fourth-order valence-corrected chi connectivity index (χ4v) is 2.61. The molecule has 0 aliphatic carbocycles. The normalized spacial score (nSPS) is 19.9. The Kier molecular flexibility index (Phi) is 4.74. The number of carbonyl (C=O) groups excluding carboxylic acids is 1. The molecule has 20 heavy (non-hydrogen) atoms. The van der Waals surface area contributed by atoms with Crippen molar-refractivity contribution in [2.75, 3.05) is 13.1 Å². The summed E-state index contributed by atoms with van der Waals surface area (Å²) >= 11 is 0. The minimum atomic E-state index is -0.801. The molecular formula is C15H20N2O3. The lowest BCUT2D eigenvalue weighted by atomic mass is 10.0. The van der Waals surface area contributed by atoms with E-state index < -0.39 is 5.97 Å². The number of amides is 1. The molecule has 2 atom stereocenters. The first-order valence-electron chi connectivity index (χ1n) is 6.86. The van der Waals surface area contributed by atoms with Crippen LogP contribution in [0.3, 0.4) is 0 Å². The van der Waals surface area contributed by atoms with E-state index in [-0.39, 0.29) is 30.7 Å². The topological polar surface area (TPSA) is 83.6 Å². The Labute approximate surface area is 118 Å². The van der Waals surface area contributed by atoms with Gasteiger partial charge in [0.15, 0.2) is 0 Å². The van der Waals surface area contributed by atoms with Crippen molar-refractivity contribution in [2.45, 2.75) is 25.3 Å². The van der Waals surface area contributed by atoms with Crippen LogP contribution < -0.4 is 5.73 Å². The van der Waals surface area contributed by atoms with Gasteiger partial charge in [-0.1, -0.05) is 30.3 Å². The lowest BCUT2D eigenvalue weighted by Gasteiger charge is -2.19. The van der Waals surface area contributed by atoms with Gasteiger partial charge in [-0.25, -0.2) is 0 Å². The standard InChI is InChI=1S/C15H20N2O3/c16-13(12-4-2-1-3-5-12)9-14(18)17-7-6-11(10-17)8-15(19)20/h1-5,11,13H,6-10,16H2,(H,19,20). The molecule has 0 saturated carbocycles. The Morgan fingerprint density at radius 3 is 2.70 bits per heavy atom. The number of likely N-dealkylation sites (tertiary alicyclic amines) is 1. The van der Waals surface area contributed by atoms with Crippen molar-refractivity contribution in [3.63, 3.8) is 0 Å². The summed E-state index contributed by atoms with van der Waals surface area (Å²) in [7, 11) is 0. The van der Waals surface area contributed by atoms with Crippen molar-refractivity contribution in [3.05, 3.63) is 35.9 Å². The van der Waals surface area contributed by atoms with Crippen LogP contribution in [-0.4, -0.2) is 35.0 Å². The lowest BCUT2D eigenvalue weighted by molar-refractivity contribution is -0.138. The lowest BCUT2D eigenvalue weighted by Crippen LogP contribution is -2.31. The zero-order valence-electron chi connectivity index (χ0n) is 11.4. The van der Waals surface area contributed by atoms with Crippen LogP contribution in [0.25, 0.3) is 0 Å². The number of benzene rings is 1. The Hall–Kier alpha value is -1.88. The van der Waals surface area contributed by atoms with Crippen LogP contribution in [0, 0.1) is 5.92 Å². The molecule has 1 saturated heterocycles. The van der Waals surface area contributed by atoms with E-state index in [9.17, 15) is 9.59 Å². The van der Waals surface area contributed by atoms with Gasteiger partial charge in [-0.2, -0.15) is 0 Å². The molecule has 3 N–H and O–H groups in total. The maximum atomic E-state index is 12.2. The minimum Gasteiger partial charge on any atom is -0.481 e. The molecule has 0 radical (unpaired) electrons. The van der Waals surface area contributed by atoms with Gasteiger partial charge in [0.25, 0.3) is 0 Å². The van der Waals surface area contributed by atoms with Gasteiger partial charge >= 0.3 is 5.97 Å². The van der Waals surface area contributed by atoms with E-state index in [4.69, 9.17) is 10.8 Å². The van der Waals surface area contributed by atoms with Crippen molar-refractivity contribution in [1.29, 1.82) is 0 Å². The highest BCUT2D eigenvalue weighted by Gasteiger charge is 2.28. The summed E-state index contributed by atoms with van der Waals surface area (Å²) in [5.41, 5.74) is 6.98. The van der Waals surface area contributed by atoms with Crippen LogP contribution in [0.1, 0.15) is 30.9 Å². The molecule has 1 heterocycles. The number of aliphatic carboxylic acids is 1. The largest absolute Gasteiger partial charge is 0.481 e. The van der Waals surface area contributed by atoms with E-state index in [0.717, 1.165) is 12.0 Å². The Balaban J connectivity index is 1.85. The maximum Gasteiger partial charge on any atom is 0.303 e. The molecule has 1 amide bonds. The van der Waals surface area contributed by atoms with Gasteiger partial charge < -0.3 is 15.7 Å². The molecule has 1 aliphatic rings. The van der Waals surface area contributed by atoms with E-state index in [1.165, 1.54) is 0 Å². The maximum absolute atomic E-state index is 12.2. The highest BCUT2D eigenvalue weighted by Crippen LogP contribution is 2.22. The first-order valence-corrected chi connectivity index (χ1v) is 6.86. The SMILES string of the molecule is NC(CC(=O)N1CCC(CC(=O)O)C1)c1ccccc1. The highest BCUT2D eigenvalue weighted by molar-refractivity contribution is 5.77. The summed E-state index contributed by atoms with van der Waals surface area (Å²) in [5, 5.41) is 8.77. The van der Waals surface area contributed by atoms with Crippen LogP contribution in [0.15, 0.2) is 30.3 Å². The molecule has 1 aliphatic heterocycles. The molecule has 108 valence electrons. The molecule has 0 spiro atoms. The number of rotatable bonds is 5. The van der Waals surface area contributed by atoms with Gasteiger partial charge in [-0.3, -0.25) is 9.59 Å². The third-order valence-electron chi connectivity index (χ3n) is 3.72. The van der Waals surface area contributed by atoms with Crippen LogP contribution in [0.5, 0.6) is 0 Å². The second kappa shape index (κ2) is 6.52. The monoisotopic (exact) mass is 276 g/mol. The van der Waals surface area contributed by atoms with E-state index in [1.54, 1.807) is 4.90 Å². The van der Waals surface area contributed by atoms with Crippen LogP contribution in [0.4, 0.5) is 0 Å². The first kappa shape index (κ1) is 14.5. The fourth-order valence-electron chi connectivity index (χ4n) is 2.61. The number of carboxylic acid groups (broad SMARTS) is 1. The minimum absolute atomic E-state index is 0.00856. The van der Waals surface area contributed by atoms with Crippen LogP contribution in [0.2, 0.25) is 0 Å². The average molecular weight is 276 g/mol. The van der Waals surface area contributed by atoms with Gasteiger partial charge in [-0.05, 0) is 17.9 Å². The van der Waals surface area contributed by atoms with E-state index in [2.05, 4.69) is 0 Å². The Morgan fingerprint density at radius 2 is 2.05 bits per heavy atom. The molecule has 0 bridgehead atoms. The van der Waals surface area contributed by atoms with Crippen molar-refractivity contribution < 1.29 is 14.7 Å². The summed E-state index contributed by atoms with van der Waals surface area (Å²) in [5.74, 6) is -0.719. The van der Waals surface area contributed by atoms with Gasteiger partial charge in [0.05, 0.1) is 0 Å². The summed E-state index contributed by atoms with van der Waals surface area (Å²) in [6.45, 7) is 1.17. The van der Waals surface area contributed by atoms with Crippen molar-refractivity contribution in [2.24, 2.45) is 11.7 Å². The molecule has 1 fully saturated rings. The number of nitrogens with two attached hydrogens (primary N) is 1. The van der Waals surface area contributed by atoms with E-state index in [0.29, 0.717) is 13.1 Å². The van der Waals surface area contributed by atoms with Crippen LogP contribution in [-0.2, 0) is 9.59 Å². The zero-order valence-corrected chi connectivity index (χ0v) is 11.4. The number of hydrogen-bond donors (Lipinski definition) is 2. The van der Waals surface area contributed by atoms with Crippen molar-refractivity contribution in [3.8, 4) is 0 Å². The molecule has 0 aromatic heterocycles. The van der Waals surface area contributed by atoms with E-state index >= 15 is 0 Å². The number of nitrogens with zero attached hydrogens (tertiary/aromatic N) is 1. The number of carboxylic acids is 1. The summed E-state index contributed by atoms with van der Waals surface area (Å²) in [4.78, 5) is 24.6. The summed E-state index contributed by atoms with van der Waals surface area (Å²) < 4.78 is 0. The molecule has 2 unspecified atom stereocenters. The van der Waals surface area contributed by atoms with Gasteiger partial charge in [0.1, 0.15) is 0 Å². The Morgan fingerprint density at radius 1 is 1.35 bits per heavy atom. The third-order valence-corrected chi connectivity index (χ3v) is 3.72. The Bertz CT molecular complexity index is 475. The zero-order chi connectivity index (χ0) is 14.5. The smallest absolute Gasteiger partial charge is 0.303 e. The first-order chi connectivity index (χ1) is 9.56. The highest BCUT2D eigenvalue weighted by atomic mass is 16.4. The molecule has 1 aromatic carbocycles. The van der Waals surface area contributed by atoms with Crippen LogP contribution >= 0.6 is 0 Å². The van der Waals surface area contributed by atoms with E-state index in [1.807, 2.05) is 30.3 Å². The predicted molar refractivity (Wildman–Crippen MR) is 74.9 cm³/mol. The fraction of sp³-hybridized carbons (Fsp3) is 0.467. The quantitative estimate of drug-likeness (QED) is 0.851. The summed E-state index contributed by atoms with van der Waals surface area (Å²) in [6, 6.07) is 9.23. The number of hydrogen-bond acceptors (Lipinski definition) is 3. The van der Waals surface area contributed by atoms with Gasteiger partial charge in [-0.15, -0.1) is 0 Å². The molecule has 1 aromatic rings. The van der Waals surface area contributed by atoms with Gasteiger partial charge in [0, 0.05) is 32.0 Å². The number of carbonyl (C=O) groups is 2. The molecule has 5 heteroatoms. The second-order valence-corrected chi connectivity index (χ2v) is 5.31.